The summed E-state index contributed by atoms with van der Waals surface area (Å²) in [6.07, 6.45) is 4.07. The molecular weight excluding hydrogens is 296 g/mol. The molecule has 1 atom stereocenters. The third-order valence-corrected chi connectivity index (χ3v) is 6.17. The van der Waals surface area contributed by atoms with Crippen molar-refractivity contribution in [3.63, 3.8) is 0 Å². The number of nitrogens with one attached hydrogen (secondary N) is 2. The minimum atomic E-state index is 0.718. The van der Waals surface area contributed by atoms with Crippen LogP contribution in [0.25, 0.3) is 0 Å². The van der Waals surface area contributed by atoms with Crippen molar-refractivity contribution in [2.45, 2.75) is 31.7 Å². The summed E-state index contributed by atoms with van der Waals surface area (Å²) in [5.41, 5.74) is 4.47. The van der Waals surface area contributed by atoms with E-state index in [2.05, 4.69) is 45.7 Å². The van der Waals surface area contributed by atoms with Gasteiger partial charge in [-0.2, -0.15) is 0 Å². The number of nitrogens with zero attached hydrogens (tertiary/aromatic N) is 2. The molecule has 3 aliphatic heterocycles. The van der Waals surface area contributed by atoms with Gasteiger partial charge in [0.2, 0.25) is 0 Å². The maximum absolute atomic E-state index is 3.64. The smallest absolute Gasteiger partial charge is 0.0376 e. The Morgan fingerprint density at radius 3 is 2.67 bits per heavy atom. The Morgan fingerprint density at radius 2 is 1.88 bits per heavy atom. The largest absolute Gasteiger partial charge is 0.384 e. The fraction of sp³-hybridized carbons (Fsp3) is 0.700. The lowest BCUT2D eigenvalue weighted by Gasteiger charge is -2.32. The van der Waals surface area contributed by atoms with Gasteiger partial charge in [0.05, 0.1) is 0 Å². The molecule has 0 bridgehead atoms. The van der Waals surface area contributed by atoms with E-state index < -0.39 is 0 Å². The Hall–Kier alpha value is -1.10. The fourth-order valence-electron chi connectivity index (χ4n) is 4.55. The molecule has 0 aliphatic carbocycles. The normalized spacial score (nSPS) is 26.3. The molecule has 4 heteroatoms. The van der Waals surface area contributed by atoms with Crippen molar-refractivity contribution >= 4 is 5.69 Å². The molecule has 2 saturated heterocycles. The van der Waals surface area contributed by atoms with Crippen LogP contribution in [0.15, 0.2) is 18.2 Å². The summed E-state index contributed by atoms with van der Waals surface area (Å²) in [7, 11) is 2.23. The van der Waals surface area contributed by atoms with Gasteiger partial charge in [-0.25, -0.2) is 0 Å². The summed E-state index contributed by atoms with van der Waals surface area (Å²) < 4.78 is 0. The van der Waals surface area contributed by atoms with E-state index in [4.69, 9.17) is 0 Å². The van der Waals surface area contributed by atoms with E-state index in [0.717, 1.165) is 24.9 Å². The average molecular weight is 329 g/mol. The minimum Gasteiger partial charge on any atom is -0.384 e. The van der Waals surface area contributed by atoms with E-state index >= 15 is 0 Å². The zero-order valence-corrected chi connectivity index (χ0v) is 15.1. The van der Waals surface area contributed by atoms with Crippen molar-refractivity contribution in [1.29, 1.82) is 0 Å². The maximum Gasteiger partial charge on any atom is 0.0376 e. The van der Waals surface area contributed by atoms with Crippen molar-refractivity contribution < 1.29 is 0 Å². The molecular formula is C20H32N4. The van der Waals surface area contributed by atoms with Gasteiger partial charge < -0.3 is 15.5 Å². The second kappa shape index (κ2) is 7.42. The van der Waals surface area contributed by atoms with Gasteiger partial charge in [0.25, 0.3) is 0 Å². The molecule has 1 unspecified atom stereocenters. The summed E-state index contributed by atoms with van der Waals surface area (Å²) in [6, 6.07) is 7.15. The predicted molar refractivity (Wildman–Crippen MR) is 101 cm³/mol. The highest BCUT2D eigenvalue weighted by atomic mass is 15.2. The molecule has 1 aromatic carbocycles. The third kappa shape index (κ3) is 3.76. The second-order valence-electron chi connectivity index (χ2n) is 8.01. The maximum atomic E-state index is 3.64. The Bertz CT molecular complexity index is 545. The zero-order valence-electron chi connectivity index (χ0n) is 15.1. The first kappa shape index (κ1) is 16.4. The summed E-state index contributed by atoms with van der Waals surface area (Å²) in [5.74, 6) is 1.63. The highest BCUT2D eigenvalue weighted by Gasteiger charge is 2.26. The molecule has 24 heavy (non-hydrogen) atoms. The first-order chi connectivity index (χ1) is 11.8. The third-order valence-electron chi connectivity index (χ3n) is 6.17. The van der Waals surface area contributed by atoms with Gasteiger partial charge in [-0.15, -0.1) is 0 Å². The summed E-state index contributed by atoms with van der Waals surface area (Å²) in [6.45, 7) is 9.46. The molecule has 0 radical (unpaired) electrons. The van der Waals surface area contributed by atoms with Gasteiger partial charge in [-0.3, -0.25) is 4.90 Å². The van der Waals surface area contributed by atoms with Crippen LogP contribution in [-0.2, 0) is 6.54 Å². The van der Waals surface area contributed by atoms with Gasteiger partial charge >= 0.3 is 0 Å². The SMILES string of the molecule is CN1CCN(Cc2ccc3c(c2)C(CC2CCNCC2)CN3)CC1. The number of anilines is 1. The van der Waals surface area contributed by atoms with Gasteiger partial charge in [-0.1, -0.05) is 12.1 Å². The Labute approximate surface area is 146 Å². The van der Waals surface area contributed by atoms with Crippen LogP contribution in [0.4, 0.5) is 5.69 Å². The van der Waals surface area contributed by atoms with Crippen LogP contribution in [0.3, 0.4) is 0 Å². The molecule has 0 aromatic heterocycles. The van der Waals surface area contributed by atoms with E-state index in [1.165, 1.54) is 69.8 Å². The van der Waals surface area contributed by atoms with Crippen LogP contribution >= 0.6 is 0 Å². The van der Waals surface area contributed by atoms with E-state index in [0.29, 0.717) is 0 Å². The number of likely N-dealkylation sites (N-methyl/N-ethyl adjacent to an activating group) is 1. The van der Waals surface area contributed by atoms with E-state index in [1.807, 2.05) is 0 Å². The fourth-order valence-corrected chi connectivity index (χ4v) is 4.55. The highest BCUT2D eigenvalue weighted by molar-refractivity contribution is 5.59. The molecule has 4 nitrogen and oxygen atoms in total. The van der Waals surface area contributed by atoms with Crippen LogP contribution in [0, 0.1) is 5.92 Å². The van der Waals surface area contributed by atoms with Gasteiger partial charge in [0, 0.05) is 50.9 Å². The Kier molecular flexibility index (Phi) is 5.06. The predicted octanol–water partition coefficient (Wildman–Crippen LogP) is 2.33. The lowest BCUT2D eigenvalue weighted by atomic mass is 9.85. The molecule has 0 amide bonds. The van der Waals surface area contributed by atoms with Crippen LogP contribution in [0.2, 0.25) is 0 Å². The van der Waals surface area contributed by atoms with Crippen LogP contribution in [0.5, 0.6) is 0 Å². The molecule has 2 fully saturated rings. The number of piperidine rings is 1. The Balaban J connectivity index is 1.40. The summed E-state index contributed by atoms with van der Waals surface area (Å²) in [4.78, 5) is 5.03. The molecule has 2 N–H and O–H groups in total. The number of piperazine rings is 1. The quantitative estimate of drug-likeness (QED) is 0.888. The first-order valence-corrected chi connectivity index (χ1v) is 9.76. The monoisotopic (exact) mass is 328 g/mol. The molecule has 3 aliphatic rings. The standard InChI is InChI=1S/C20H32N4/c1-23-8-10-24(11-9-23)15-17-2-3-20-19(13-17)18(14-22-20)12-16-4-6-21-7-5-16/h2-3,13,16,18,21-22H,4-12,14-15H2,1H3. The van der Waals surface area contributed by atoms with Crippen molar-refractivity contribution in [1.82, 2.24) is 15.1 Å². The van der Waals surface area contributed by atoms with E-state index in [9.17, 15) is 0 Å². The summed E-state index contributed by atoms with van der Waals surface area (Å²) in [5, 5.41) is 7.13. The second-order valence-corrected chi connectivity index (χ2v) is 8.01. The highest BCUT2D eigenvalue weighted by Crippen LogP contribution is 2.38. The van der Waals surface area contributed by atoms with E-state index in [-0.39, 0.29) is 0 Å². The van der Waals surface area contributed by atoms with Crippen molar-refractivity contribution in [3.8, 4) is 0 Å². The van der Waals surface area contributed by atoms with Crippen LogP contribution in [-0.4, -0.2) is 62.7 Å². The topological polar surface area (TPSA) is 30.5 Å². The van der Waals surface area contributed by atoms with Crippen molar-refractivity contribution in [2.24, 2.45) is 5.92 Å². The lowest BCUT2D eigenvalue weighted by Crippen LogP contribution is -2.43. The molecule has 1 aromatic rings. The van der Waals surface area contributed by atoms with Crippen LogP contribution in [0.1, 0.15) is 36.3 Å². The number of hydrogen-bond acceptors (Lipinski definition) is 4. The molecule has 0 saturated carbocycles. The Morgan fingerprint density at radius 1 is 1.08 bits per heavy atom. The minimum absolute atomic E-state index is 0.718. The van der Waals surface area contributed by atoms with E-state index in [1.54, 1.807) is 5.56 Å². The van der Waals surface area contributed by atoms with Gasteiger partial charge in [-0.05, 0) is 62.5 Å². The lowest BCUT2D eigenvalue weighted by molar-refractivity contribution is 0.148. The van der Waals surface area contributed by atoms with Crippen molar-refractivity contribution in [3.05, 3.63) is 29.3 Å². The number of fused-ring (bicyclic) bond motifs is 1. The number of benzene rings is 1. The molecule has 4 rings (SSSR count). The average Bonchev–Trinajstić information content (AvgIpc) is 3.00. The van der Waals surface area contributed by atoms with Gasteiger partial charge in [0.1, 0.15) is 0 Å². The molecule has 132 valence electrons. The molecule has 3 heterocycles. The number of hydrogen-bond donors (Lipinski definition) is 2. The first-order valence-electron chi connectivity index (χ1n) is 9.76. The molecule has 0 spiro atoms. The van der Waals surface area contributed by atoms with Crippen molar-refractivity contribution in [2.75, 3.05) is 58.2 Å². The number of rotatable bonds is 4. The van der Waals surface area contributed by atoms with Crippen LogP contribution < -0.4 is 10.6 Å². The van der Waals surface area contributed by atoms with Gasteiger partial charge in [0.15, 0.2) is 0 Å². The summed E-state index contributed by atoms with van der Waals surface area (Å²) >= 11 is 0. The zero-order chi connectivity index (χ0) is 16.4.